The Hall–Kier alpha value is -1.20. The third-order valence-electron chi connectivity index (χ3n) is 6.52. The van der Waals surface area contributed by atoms with Gasteiger partial charge in [0.25, 0.3) is 0 Å². The predicted octanol–water partition coefficient (Wildman–Crippen LogP) is 3.37. The van der Waals surface area contributed by atoms with Crippen molar-refractivity contribution in [2.75, 3.05) is 46.9 Å². The van der Waals surface area contributed by atoms with E-state index in [0.717, 1.165) is 52.0 Å². The Bertz CT molecular complexity index is 646. The summed E-state index contributed by atoms with van der Waals surface area (Å²) in [6.07, 6.45) is 5.02. The Morgan fingerprint density at radius 3 is 2.67 bits per heavy atom. The Balaban J connectivity index is 1.78. The van der Waals surface area contributed by atoms with E-state index in [1.54, 1.807) is 7.11 Å². The summed E-state index contributed by atoms with van der Waals surface area (Å²) in [5.41, 5.74) is 3.98. The molecule has 4 nitrogen and oxygen atoms in total. The van der Waals surface area contributed by atoms with Gasteiger partial charge in [-0.2, -0.15) is 0 Å². The molecule has 3 rings (SSSR count). The Morgan fingerprint density at radius 2 is 2.00 bits per heavy atom. The summed E-state index contributed by atoms with van der Waals surface area (Å²) in [6, 6.07) is 8.82. The van der Waals surface area contributed by atoms with Gasteiger partial charge in [0.1, 0.15) is 0 Å². The first-order valence-corrected chi connectivity index (χ1v) is 10.3. The maximum atomic E-state index is 11.5. The highest BCUT2D eigenvalue weighted by atomic mass is 16.5. The summed E-state index contributed by atoms with van der Waals surface area (Å²) in [5.74, 6) is 0. The number of nitrogens with zero attached hydrogens (tertiary/aromatic N) is 2. The second-order valence-electron chi connectivity index (χ2n) is 8.54. The van der Waals surface area contributed by atoms with E-state index in [-0.39, 0.29) is 17.6 Å². The fourth-order valence-electron chi connectivity index (χ4n) is 4.93. The lowest BCUT2D eigenvalue weighted by Gasteiger charge is -2.43. The number of rotatable bonds is 7. The second kappa shape index (κ2) is 8.87. The Kier molecular flexibility index (Phi) is 6.74. The topological polar surface area (TPSA) is 35.9 Å². The van der Waals surface area contributed by atoms with Gasteiger partial charge in [0, 0.05) is 32.2 Å². The lowest BCUT2D eigenvalue weighted by molar-refractivity contribution is -0.00872. The van der Waals surface area contributed by atoms with Gasteiger partial charge in [-0.05, 0) is 64.4 Å². The van der Waals surface area contributed by atoms with E-state index < -0.39 is 0 Å². The molecule has 1 saturated heterocycles. The molecule has 0 saturated carbocycles. The molecule has 0 radical (unpaired) electrons. The minimum Gasteiger partial charge on any atom is -0.390 e. The number of likely N-dealkylation sites (N-methyl/N-ethyl adjacent to an activating group) is 1. The van der Waals surface area contributed by atoms with Crippen molar-refractivity contribution in [1.82, 2.24) is 9.80 Å². The summed E-state index contributed by atoms with van der Waals surface area (Å²) < 4.78 is 5.21. The summed E-state index contributed by atoms with van der Waals surface area (Å²) in [4.78, 5) is 4.84. The maximum absolute atomic E-state index is 11.5. The first-order chi connectivity index (χ1) is 13.0. The molecule has 0 bridgehead atoms. The second-order valence-corrected chi connectivity index (χ2v) is 8.54. The minimum atomic E-state index is -0.340. The molecule has 0 amide bonds. The third kappa shape index (κ3) is 4.14. The molecule has 2 atom stereocenters. The number of allylic oxidation sites excluding steroid dienone is 1. The van der Waals surface area contributed by atoms with Crippen LogP contribution in [0.3, 0.4) is 0 Å². The van der Waals surface area contributed by atoms with Gasteiger partial charge in [0.15, 0.2) is 0 Å². The van der Waals surface area contributed by atoms with Crippen molar-refractivity contribution in [3.63, 3.8) is 0 Å². The molecule has 1 aliphatic carbocycles. The number of piperidine rings is 1. The van der Waals surface area contributed by atoms with Crippen LogP contribution in [0.2, 0.25) is 0 Å². The van der Waals surface area contributed by atoms with Gasteiger partial charge in [-0.15, -0.1) is 0 Å². The molecule has 1 aromatic rings. The van der Waals surface area contributed by atoms with Crippen molar-refractivity contribution in [2.45, 2.75) is 50.7 Å². The van der Waals surface area contributed by atoms with Crippen molar-refractivity contribution >= 4 is 0 Å². The molecule has 1 fully saturated rings. The Morgan fingerprint density at radius 1 is 1.30 bits per heavy atom. The third-order valence-corrected chi connectivity index (χ3v) is 6.52. The van der Waals surface area contributed by atoms with E-state index in [2.05, 4.69) is 61.0 Å². The molecule has 27 heavy (non-hydrogen) atoms. The molecular formula is C23H36N2O2. The van der Waals surface area contributed by atoms with Gasteiger partial charge in [-0.1, -0.05) is 35.9 Å². The smallest absolute Gasteiger partial charge is 0.0834 e. The van der Waals surface area contributed by atoms with Gasteiger partial charge in [0.05, 0.1) is 12.1 Å². The largest absolute Gasteiger partial charge is 0.390 e. The zero-order valence-corrected chi connectivity index (χ0v) is 17.4. The number of aliphatic hydroxyl groups excluding tert-OH is 1. The number of aliphatic hydroxyl groups is 1. The molecule has 1 aromatic carbocycles. The number of ether oxygens (including phenoxy) is 1. The molecule has 150 valence electrons. The van der Waals surface area contributed by atoms with Crippen molar-refractivity contribution in [3.8, 4) is 0 Å². The van der Waals surface area contributed by atoms with Crippen LogP contribution in [0, 0.1) is 0 Å². The van der Waals surface area contributed by atoms with Crippen LogP contribution in [0.4, 0.5) is 0 Å². The number of likely N-dealkylation sites (tertiary alicyclic amines) is 1. The van der Waals surface area contributed by atoms with E-state index in [9.17, 15) is 5.11 Å². The van der Waals surface area contributed by atoms with E-state index in [4.69, 9.17) is 4.74 Å². The number of methoxy groups -OCH3 is 1. The number of benzene rings is 1. The quantitative estimate of drug-likeness (QED) is 0.588. The van der Waals surface area contributed by atoms with E-state index in [1.165, 1.54) is 16.7 Å². The van der Waals surface area contributed by atoms with Gasteiger partial charge in [0.2, 0.25) is 0 Å². The lowest BCUT2D eigenvalue weighted by atomic mass is 9.72. The molecule has 1 spiro atoms. The van der Waals surface area contributed by atoms with E-state index >= 15 is 0 Å². The van der Waals surface area contributed by atoms with Gasteiger partial charge < -0.3 is 9.84 Å². The Labute approximate surface area is 164 Å². The van der Waals surface area contributed by atoms with Crippen molar-refractivity contribution in [1.29, 1.82) is 0 Å². The van der Waals surface area contributed by atoms with Crippen LogP contribution in [-0.2, 0) is 10.2 Å². The minimum absolute atomic E-state index is 0.0855. The highest BCUT2D eigenvalue weighted by molar-refractivity contribution is 5.45. The maximum Gasteiger partial charge on any atom is 0.0834 e. The number of hydrogen-bond acceptors (Lipinski definition) is 4. The summed E-state index contributed by atoms with van der Waals surface area (Å²) in [5, 5.41) is 11.5. The zero-order valence-electron chi connectivity index (χ0n) is 17.4. The average Bonchev–Trinajstić information content (AvgIpc) is 2.90. The first kappa shape index (κ1) is 20.5. The predicted molar refractivity (Wildman–Crippen MR) is 111 cm³/mol. The van der Waals surface area contributed by atoms with Crippen molar-refractivity contribution in [3.05, 3.63) is 47.0 Å². The molecule has 0 unspecified atom stereocenters. The van der Waals surface area contributed by atoms with Crippen molar-refractivity contribution < 1.29 is 9.84 Å². The molecule has 2 aliphatic rings. The van der Waals surface area contributed by atoms with Crippen LogP contribution < -0.4 is 0 Å². The van der Waals surface area contributed by atoms with E-state index in [1.807, 2.05) is 0 Å². The van der Waals surface area contributed by atoms with Crippen LogP contribution in [0.25, 0.3) is 0 Å². The van der Waals surface area contributed by atoms with Gasteiger partial charge in [-0.3, -0.25) is 9.80 Å². The average molecular weight is 373 g/mol. The monoisotopic (exact) mass is 372 g/mol. The first-order valence-electron chi connectivity index (χ1n) is 10.3. The molecule has 0 aromatic heterocycles. The molecule has 1 heterocycles. The van der Waals surface area contributed by atoms with Crippen LogP contribution >= 0.6 is 0 Å². The lowest BCUT2D eigenvalue weighted by Crippen LogP contribution is -2.49. The van der Waals surface area contributed by atoms with E-state index in [0.29, 0.717) is 0 Å². The summed E-state index contributed by atoms with van der Waals surface area (Å²) >= 11 is 0. The highest BCUT2D eigenvalue weighted by Crippen LogP contribution is 2.52. The summed E-state index contributed by atoms with van der Waals surface area (Å²) in [6.45, 7) is 9.14. The standard InChI is InChI=1S/C23H36N2O2/c1-18(2)10-14-25-15-11-23(12-16-25)20-9-6-5-8-19(20)21(22(23)26)24(3)13-7-17-27-4/h5-6,8-10,21-22,26H,7,11-17H2,1-4H3/t21-,22+/m1/s1. The fraction of sp³-hybridized carbons (Fsp3) is 0.652. The molecule has 4 heteroatoms. The van der Waals surface area contributed by atoms with Crippen LogP contribution in [0.5, 0.6) is 0 Å². The molecule has 1 aliphatic heterocycles. The van der Waals surface area contributed by atoms with Crippen LogP contribution in [0.1, 0.15) is 50.3 Å². The molecular weight excluding hydrogens is 336 g/mol. The normalized spacial score (nSPS) is 24.4. The zero-order chi connectivity index (χ0) is 19.4. The fourth-order valence-corrected chi connectivity index (χ4v) is 4.93. The highest BCUT2D eigenvalue weighted by Gasteiger charge is 2.53. The van der Waals surface area contributed by atoms with Gasteiger partial charge in [-0.25, -0.2) is 0 Å². The van der Waals surface area contributed by atoms with Crippen LogP contribution in [-0.4, -0.2) is 68.0 Å². The number of fused-ring (bicyclic) bond motifs is 2. The van der Waals surface area contributed by atoms with Crippen LogP contribution in [0.15, 0.2) is 35.9 Å². The van der Waals surface area contributed by atoms with Crippen molar-refractivity contribution in [2.24, 2.45) is 0 Å². The van der Waals surface area contributed by atoms with Gasteiger partial charge >= 0.3 is 0 Å². The summed E-state index contributed by atoms with van der Waals surface area (Å²) in [7, 11) is 3.89. The number of hydrogen-bond donors (Lipinski definition) is 1. The SMILES string of the molecule is COCCCN(C)[C@@H]1c2ccccc2C2(CCN(CC=C(C)C)CC2)[C@H]1O. The molecule has 1 N–H and O–H groups in total.